The summed E-state index contributed by atoms with van der Waals surface area (Å²) in [6, 6.07) is 0. The number of aromatic hydroxyl groups is 1. The smallest absolute Gasteiger partial charge is 0.272 e. The van der Waals surface area contributed by atoms with Crippen molar-refractivity contribution in [3.05, 3.63) is 57.4 Å². The summed E-state index contributed by atoms with van der Waals surface area (Å²) in [5.74, 6) is -4.90. The van der Waals surface area contributed by atoms with Gasteiger partial charge in [-0.2, -0.15) is 0 Å². The van der Waals surface area contributed by atoms with Gasteiger partial charge in [0, 0.05) is 73.9 Å². The van der Waals surface area contributed by atoms with Crippen LogP contribution in [0.4, 0.5) is 0 Å². The normalized spacial score (nSPS) is 34.2. The van der Waals surface area contributed by atoms with Crippen molar-refractivity contribution in [3.63, 3.8) is 0 Å². The van der Waals surface area contributed by atoms with Gasteiger partial charge in [0.2, 0.25) is 11.6 Å². The van der Waals surface area contributed by atoms with Crippen LogP contribution in [0.5, 0.6) is 11.5 Å². The van der Waals surface area contributed by atoms with Crippen LogP contribution in [-0.2, 0) is 9.53 Å². The maximum atomic E-state index is 14.6. The number of piperidine rings is 1. The highest BCUT2D eigenvalue weighted by Crippen LogP contribution is 2.50. The molecule has 0 aromatic heterocycles. The average Bonchev–Trinajstić information content (AvgIpc) is 3.57. The number of amides is 1. The molecule has 276 valence electrons. The van der Waals surface area contributed by atoms with E-state index in [1.807, 2.05) is 6.92 Å². The highest BCUT2D eigenvalue weighted by atomic mass is 16.7. The number of benzene rings is 1. The lowest BCUT2D eigenvalue weighted by atomic mass is 9.82. The number of nitrogens with one attached hydrogen (secondary N) is 2. The first-order valence-corrected chi connectivity index (χ1v) is 18.1. The van der Waals surface area contributed by atoms with Crippen LogP contribution in [-0.4, -0.2) is 92.8 Å². The lowest BCUT2D eigenvalue weighted by molar-refractivity contribution is -0.180. The van der Waals surface area contributed by atoms with Crippen molar-refractivity contribution in [2.45, 2.75) is 105 Å². The van der Waals surface area contributed by atoms with Crippen molar-refractivity contribution in [3.8, 4) is 11.5 Å². The molecule has 1 aromatic carbocycles. The molecule has 0 saturated carbocycles. The van der Waals surface area contributed by atoms with Gasteiger partial charge in [0.1, 0.15) is 22.9 Å². The number of aliphatic hydroxyl groups excluding tert-OH is 2. The second-order valence-corrected chi connectivity index (χ2v) is 15.8. The lowest BCUT2D eigenvalue weighted by Crippen LogP contribution is -2.50. The van der Waals surface area contributed by atoms with E-state index in [0.29, 0.717) is 35.7 Å². The molecule has 5 N–H and O–H groups in total. The maximum Gasteiger partial charge on any atom is 0.272 e. The molecule has 1 amide bonds. The van der Waals surface area contributed by atoms with Crippen LogP contribution in [0, 0.1) is 30.6 Å². The van der Waals surface area contributed by atoms with Gasteiger partial charge in [-0.3, -0.25) is 19.4 Å². The first kappa shape index (κ1) is 36.9. The van der Waals surface area contributed by atoms with E-state index < -0.39 is 59.1 Å². The highest BCUT2D eigenvalue weighted by Gasteiger charge is 2.55. The van der Waals surface area contributed by atoms with Crippen LogP contribution in [0.15, 0.2) is 40.2 Å². The monoisotopic (exact) mass is 704 g/mol. The second-order valence-electron chi connectivity index (χ2n) is 15.8. The molecule has 1 saturated heterocycles. The number of hydrogen-bond donors (Lipinski definition) is 5. The van der Waals surface area contributed by atoms with E-state index in [0.717, 1.165) is 19.6 Å². The Morgan fingerprint density at radius 2 is 1.65 bits per heavy atom. The number of carbonyl (C=O) groups excluding carboxylic acids is 3. The zero-order chi connectivity index (χ0) is 37.3. The number of aliphatic imine (C=N–C) groups is 1. The Hall–Kier alpha value is -3.84. The van der Waals surface area contributed by atoms with Crippen molar-refractivity contribution in [2.75, 3.05) is 19.6 Å². The summed E-state index contributed by atoms with van der Waals surface area (Å²) in [5.41, 5.74) is 0.281. The first-order valence-electron chi connectivity index (χ1n) is 18.1. The largest absolute Gasteiger partial charge is 0.507 e. The minimum atomic E-state index is -1.86. The van der Waals surface area contributed by atoms with Crippen LogP contribution in [0.1, 0.15) is 100 Å². The first-order chi connectivity index (χ1) is 23.9. The number of ketones is 2. The number of carbonyl (C=O) groups is 3. The number of aliphatic hydroxyl groups is 2. The van der Waals surface area contributed by atoms with Crippen LogP contribution in [0.25, 0.3) is 0 Å². The highest BCUT2D eigenvalue weighted by molar-refractivity contribution is 6.34. The number of Topliss-reactive ketones (excluding diaryl/α,β-unsaturated/α-hetero) is 2. The Morgan fingerprint density at radius 1 is 0.980 bits per heavy atom. The third kappa shape index (κ3) is 6.23. The second kappa shape index (κ2) is 13.3. The van der Waals surface area contributed by atoms with Crippen LogP contribution in [0.2, 0.25) is 0 Å². The number of hydrogen-bond acceptors (Lipinski definition) is 11. The van der Waals surface area contributed by atoms with Crippen molar-refractivity contribution in [1.29, 1.82) is 0 Å². The molecule has 7 atom stereocenters. The Balaban J connectivity index is 1.53. The number of phenolic OH excluding ortho intramolecular Hbond substituents is 1. The van der Waals surface area contributed by atoms with E-state index in [1.165, 1.54) is 6.92 Å². The number of nitrogens with zero attached hydrogens (tertiary/aromatic N) is 2. The lowest BCUT2D eigenvalue weighted by Gasteiger charge is -2.38. The van der Waals surface area contributed by atoms with Gasteiger partial charge in [0.15, 0.2) is 0 Å². The summed E-state index contributed by atoms with van der Waals surface area (Å²) in [6.07, 6.45) is 3.61. The van der Waals surface area contributed by atoms with Gasteiger partial charge in [0.25, 0.3) is 11.7 Å². The molecule has 0 radical (unpaired) electrons. The van der Waals surface area contributed by atoms with Crippen LogP contribution < -0.4 is 15.4 Å². The fraction of sp³-hybridized carbons (Fsp3) is 0.590. The van der Waals surface area contributed by atoms with Crippen LogP contribution in [0.3, 0.4) is 0 Å². The zero-order valence-corrected chi connectivity index (χ0v) is 31.1. The summed E-state index contributed by atoms with van der Waals surface area (Å²) < 4.78 is 12.6. The fourth-order valence-electron chi connectivity index (χ4n) is 8.03. The maximum absolute atomic E-state index is 14.6. The van der Waals surface area contributed by atoms with Gasteiger partial charge in [-0.15, -0.1) is 0 Å². The molecule has 1 fully saturated rings. The van der Waals surface area contributed by atoms with Crippen LogP contribution >= 0.6 is 0 Å². The molecule has 51 heavy (non-hydrogen) atoms. The third-order valence-electron chi connectivity index (χ3n) is 11.4. The number of fused-ring (bicyclic) bond motifs is 10. The van der Waals surface area contributed by atoms with E-state index in [9.17, 15) is 29.7 Å². The Bertz CT molecular complexity index is 1780. The fourth-order valence-corrected chi connectivity index (χ4v) is 8.03. The summed E-state index contributed by atoms with van der Waals surface area (Å²) in [5, 5.41) is 40.5. The Kier molecular flexibility index (Phi) is 9.63. The zero-order valence-electron chi connectivity index (χ0n) is 31.1. The van der Waals surface area contributed by atoms with Gasteiger partial charge < -0.3 is 40.3 Å². The summed E-state index contributed by atoms with van der Waals surface area (Å²) in [6.45, 7) is 18.6. The molecule has 12 nitrogen and oxygen atoms in total. The molecule has 5 aliphatic heterocycles. The molecule has 6 aliphatic rings. The van der Waals surface area contributed by atoms with E-state index in [-0.39, 0.29) is 45.4 Å². The van der Waals surface area contributed by atoms with Gasteiger partial charge in [-0.25, -0.2) is 0 Å². The minimum absolute atomic E-state index is 0.0621. The number of phenols is 1. The molecule has 1 unspecified atom stereocenters. The molecule has 12 heteroatoms. The van der Waals surface area contributed by atoms with E-state index in [2.05, 4.69) is 29.4 Å². The van der Waals surface area contributed by atoms with Gasteiger partial charge >= 0.3 is 0 Å². The average molecular weight is 705 g/mol. The Labute approximate surface area is 299 Å². The summed E-state index contributed by atoms with van der Waals surface area (Å²) in [4.78, 5) is 50.3. The Morgan fingerprint density at radius 3 is 2.29 bits per heavy atom. The van der Waals surface area contributed by atoms with Gasteiger partial charge in [-0.1, -0.05) is 52.8 Å². The van der Waals surface area contributed by atoms with E-state index >= 15 is 0 Å². The number of allylic oxidation sites excluding steroid dienone is 4. The van der Waals surface area contributed by atoms with E-state index in [4.69, 9.17) is 14.5 Å². The molecule has 1 aliphatic carbocycles. The predicted octanol–water partition coefficient (Wildman–Crippen LogP) is 3.91. The summed E-state index contributed by atoms with van der Waals surface area (Å²) >= 11 is 0. The number of rotatable bonds is 2. The standard InChI is InChI=1S/C39H52N4O8/c1-18(2)17-43-15-13-39(14-16-43)41-28-25-26-33(46)23(7)35-27(25)36(48)38(9,51-35)50-24(8)21(5)32(45)22(6)31(44)19(3)11-10-12-20(4)37(49)40-30(34(26)47)29(28)42-39/h10-12,18-19,21-22,24,31-32,42,44-46H,13-17H2,1-9H3,(H,40,49)/b11-10+,20-12-/t19-,21-,22+,24?,31-,32-,38-/m0/s1. The van der Waals surface area contributed by atoms with Crippen molar-refractivity contribution in [2.24, 2.45) is 28.7 Å². The van der Waals surface area contributed by atoms with Crippen molar-refractivity contribution in [1.82, 2.24) is 15.5 Å². The number of ether oxygens (including phenoxy) is 2. The number of likely N-dealkylation sites (tertiary alicyclic amines) is 1. The molecule has 7 rings (SSSR count). The molecule has 5 heterocycles. The topological polar surface area (TPSA) is 170 Å². The molecule has 1 aromatic rings. The van der Waals surface area contributed by atoms with Gasteiger partial charge in [-0.05, 0) is 26.7 Å². The molecular weight excluding hydrogens is 652 g/mol. The summed E-state index contributed by atoms with van der Waals surface area (Å²) in [7, 11) is 0. The molecular formula is C39H52N4O8. The van der Waals surface area contributed by atoms with Crippen molar-refractivity contribution < 1.29 is 39.2 Å². The van der Waals surface area contributed by atoms with Gasteiger partial charge in [0.05, 0.1) is 40.8 Å². The quantitative estimate of drug-likeness (QED) is 0.304. The molecule has 5 bridgehead atoms. The SMILES string of the molecule is C/C1=C/C=C/[C@H](C)[C@H](O)[C@@H](C)[C@@H](O)[C@@H](C)C(C)O[C@@]2(C)Oc3c(C)c(O)c4c(c3C2=O)C2=NC3(CCN(CC(C)C)CC3)NC2=C(NC1=O)C4=O. The predicted molar refractivity (Wildman–Crippen MR) is 192 cm³/mol. The third-order valence-corrected chi connectivity index (χ3v) is 11.4. The van der Waals surface area contributed by atoms with Crippen molar-refractivity contribution >= 4 is 23.2 Å². The van der Waals surface area contributed by atoms with E-state index in [1.54, 1.807) is 52.8 Å². The molecule has 1 spiro atoms. The minimum Gasteiger partial charge on any atom is -0.507 e.